The minimum atomic E-state index is -0.581. The van der Waals surface area contributed by atoms with E-state index in [1.807, 2.05) is 13.8 Å². The monoisotopic (exact) mass is 234 g/mol. The highest BCUT2D eigenvalue weighted by Gasteiger charge is 2.17. The van der Waals surface area contributed by atoms with Gasteiger partial charge >= 0.3 is 0 Å². The molecule has 2 rings (SSSR count). The van der Waals surface area contributed by atoms with Crippen molar-refractivity contribution in [3.05, 3.63) is 48.0 Å². The molecular formula is C13H15FN2O. The zero-order valence-corrected chi connectivity index (χ0v) is 9.84. The fourth-order valence-electron chi connectivity index (χ4n) is 1.68. The lowest BCUT2D eigenvalue weighted by molar-refractivity contribution is 0.120. The number of benzene rings is 1. The lowest BCUT2D eigenvalue weighted by Gasteiger charge is -2.16. The van der Waals surface area contributed by atoms with Gasteiger partial charge in [0.1, 0.15) is 5.82 Å². The summed E-state index contributed by atoms with van der Waals surface area (Å²) in [6.07, 6.45) is 1.05. The summed E-state index contributed by atoms with van der Waals surface area (Å²) < 4.78 is 14.5. The lowest BCUT2D eigenvalue weighted by atomic mass is 10.0. The second kappa shape index (κ2) is 4.67. The maximum absolute atomic E-state index is 12.8. The van der Waals surface area contributed by atoms with Crippen LogP contribution in [0.25, 0.3) is 5.69 Å². The van der Waals surface area contributed by atoms with Crippen molar-refractivity contribution < 1.29 is 9.50 Å². The van der Waals surface area contributed by atoms with Crippen LogP contribution < -0.4 is 0 Å². The van der Waals surface area contributed by atoms with Crippen LogP contribution in [0.4, 0.5) is 4.39 Å². The van der Waals surface area contributed by atoms with E-state index >= 15 is 0 Å². The van der Waals surface area contributed by atoms with Crippen LogP contribution in [-0.4, -0.2) is 14.9 Å². The number of rotatable bonds is 3. The molecule has 4 heteroatoms. The number of aliphatic hydroxyl groups excluding tert-OH is 1. The van der Waals surface area contributed by atoms with E-state index < -0.39 is 6.10 Å². The fourth-order valence-corrected chi connectivity index (χ4v) is 1.68. The first-order chi connectivity index (χ1) is 8.09. The van der Waals surface area contributed by atoms with E-state index in [0.29, 0.717) is 5.69 Å². The van der Waals surface area contributed by atoms with Gasteiger partial charge in [0, 0.05) is 6.20 Å². The van der Waals surface area contributed by atoms with E-state index in [-0.39, 0.29) is 11.7 Å². The Kier molecular flexibility index (Phi) is 3.24. The molecule has 0 saturated carbocycles. The van der Waals surface area contributed by atoms with Gasteiger partial charge in [-0.15, -0.1) is 0 Å². The van der Waals surface area contributed by atoms with Gasteiger partial charge in [0.15, 0.2) is 0 Å². The molecule has 1 aromatic carbocycles. The lowest BCUT2D eigenvalue weighted by Crippen LogP contribution is -2.12. The number of hydrogen-bond donors (Lipinski definition) is 1. The molecule has 0 spiro atoms. The van der Waals surface area contributed by atoms with Crippen molar-refractivity contribution in [2.75, 3.05) is 0 Å². The van der Waals surface area contributed by atoms with Gasteiger partial charge in [0.25, 0.3) is 0 Å². The van der Waals surface area contributed by atoms with Crippen LogP contribution in [0.2, 0.25) is 0 Å². The van der Waals surface area contributed by atoms with E-state index in [4.69, 9.17) is 0 Å². The molecule has 0 bridgehead atoms. The molecule has 17 heavy (non-hydrogen) atoms. The maximum Gasteiger partial charge on any atom is 0.123 e. The number of aromatic nitrogens is 2. The molecule has 1 atom stereocenters. The molecule has 0 aliphatic carbocycles. The second-order valence-electron chi connectivity index (χ2n) is 4.33. The molecule has 0 saturated heterocycles. The van der Waals surface area contributed by atoms with E-state index in [1.165, 1.54) is 12.1 Å². The third-order valence-electron chi connectivity index (χ3n) is 2.68. The molecule has 0 fully saturated rings. The van der Waals surface area contributed by atoms with E-state index in [2.05, 4.69) is 5.10 Å². The van der Waals surface area contributed by atoms with Crippen molar-refractivity contribution in [3.8, 4) is 5.69 Å². The molecule has 2 aromatic rings. The van der Waals surface area contributed by atoms with Crippen molar-refractivity contribution >= 4 is 0 Å². The first-order valence-electron chi connectivity index (χ1n) is 5.57. The van der Waals surface area contributed by atoms with Gasteiger partial charge in [-0.05, 0) is 36.2 Å². The van der Waals surface area contributed by atoms with Crippen molar-refractivity contribution in [1.82, 2.24) is 9.78 Å². The van der Waals surface area contributed by atoms with Crippen LogP contribution in [-0.2, 0) is 0 Å². The van der Waals surface area contributed by atoms with E-state index in [0.717, 1.165) is 5.69 Å². The molecular weight excluding hydrogens is 219 g/mol. The summed E-state index contributed by atoms with van der Waals surface area (Å²) >= 11 is 0. The predicted octanol–water partition coefficient (Wildman–Crippen LogP) is 2.70. The Balaban J connectivity index is 2.40. The van der Waals surface area contributed by atoms with Crippen molar-refractivity contribution in [2.45, 2.75) is 20.0 Å². The van der Waals surface area contributed by atoms with E-state index in [9.17, 15) is 9.50 Å². The first kappa shape index (κ1) is 11.8. The Morgan fingerprint density at radius 2 is 1.82 bits per heavy atom. The van der Waals surface area contributed by atoms with Crippen LogP contribution in [0.5, 0.6) is 0 Å². The van der Waals surface area contributed by atoms with E-state index in [1.54, 1.807) is 29.1 Å². The summed E-state index contributed by atoms with van der Waals surface area (Å²) in [4.78, 5) is 0. The van der Waals surface area contributed by atoms with Gasteiger partial charge in [-0.1, -0.05) is 13.8 Å². The number of halogens is 1. The van der Waals surface area contributed by atoms with Gasteiger partial charge in [-0.2, -0.15) is 5.10 Å². The Morgan fingerprint density at radius 1 is 1.18 bits per heavy atom. The molecule has 1 aromatic heterocycles. The molecule has 0 aliphatic heterocycles. The van der Waals surface area contributed by atoms with Gasteiger partial charge in [-0.25, -0.2) is 9.07 Å². The summed E-state index contributed by atoms with van der Waals surface area (Å²) in [5.74, 6) is -0.183. The average Bonchev–Trinajstić information content (AvgIpc) is 2.77. The minimum absolute atomic E-state index is 0.103. The Bertz CT molecular complexity index is 490. The van der Waals surface area contributed by atoms with Crippen molar-refractivity contribution in [1.29, 1.82) is 0 Å². The molecule has 90 valence electrons. The summed E-state index contributed by atoms with van der Waals surface area (Å²) in [6.45, 7) is 3.87. The van der Waals surface area contributed by atoms with Gasteiger partial charge in [-0.3, -0.25) is 0 Å². The second-order valence-corrected chi connectivity index (χ2v) is 4.33. The number of hydrogen-bond acceptors (Lipinski definition) is 2. The quantitative estimate of drug-likeness (QED) is 0.886. The largest absolute Gasteiger partial charge is 0.387 e. The van der Waals surface area contributed by atoms with Crippen LogP contribution in [0.15, 0.2) is 36.5 Å². The minimum Gasteiger partial charge on any atom is -0.387 e. The summed E-state index contributed by atoms with van der Waals surface area (Å²) in [5.41, 5.74) is 1.46. The van der Waals surface area contributed by atoms with Gasteiger partial charge in [0.2, 0.25) is 0 Å². The van der Waals surface area contributed by atoms with Crippen molar-refractivity contribution in [3.63, 3.8) is 0 Å². The van der Waals surface area contributed by atoms with Crippen LogP contribution in [0, 0.1) is 11.7 Å². The van der Waals surface area contributed by atoms with Gasteiger partial charge < -0.3 is 5.11 Å². The normalized spacial score (nSPS) is 13.0. The zero-order valence-electron chi connectivity index (χ0n) is 9.84. The number of nitrogens with zero attached hydrogens (tertiary/aromatic N) is 2. The van der Waals surface area contributed by atoms with Crippen LogP contribution in [0.1, 0.15) is 25.6 Å². The zero-order chi connectivity index (χ0) is 12.4. The molecule has 1 unspecified atom stereocenters. The SMILES string of the molecule is CC(C)C(O)c1ccnn1-c1ccc(F)cc1. The Labute approximate surface area is 99.5 Å². The molecule has 0 amide bonds. The fraction of sp³-hybridized carbons (Fsp3) is 0.308. The summed E-state index contributed by atoms with van der Waals surface area (Å²) in [6, 6.07) is 7.80. The average molecular weight is 234 g/mol. The highest BCUT2D eigenvalue weighted by molar-refractivity contribution is 5.33. The van der Waals surface area contributed by atoms with Crippen LogP contribution >= 0.6 is 0 Å². The summed E-state index contributed by atoms with van der Waals surface area (Å²) in [5, 5.41) is 14.2. The third-order valence-corrected chi connectivity index (χ3v) is 2.68. The van der Waals surface area contributed by atoms with Crippen LogP contribution in [0.3, 0.4) is 0 Å². The smallest absolute Gasteiger partial charge is 0.123 e. The predicted molar refractivity (Wildman–Crippen MR) is 63.3 cm³/mol. The Hall–Kier alpha value is -1.68. The third kappa shape index (κ3) is 2.36. The topological polar surface area (TPSA) is 38.1 Å². The standard InChI is InChI=1S/C13H15FN2O/c1-9(2)13(17)12-7-8-15-16(12)11-5-3-10(14)4-6-11/h3-9,13,17H,1-2H3. The molecule has 1 N–H and O–H groups in total. The Morgan fingerprint density at radius 3 is 2.41 bits per heavy atom. The maximum atomic E-state index is 12.8. The summed E-state index contributed by atoms with van der Waals surface area (Å²) in [7, 11) is 0. The highest BCUT2D eigenvalue weighted by Crippen LogP contribution is 2.23. The molecule has 1 heterocycles. The highest BCUT2D eigenvalue weighted by atomic mass is 19.1. The molecule has 0 radical (unpaired) electrons. The molecule has 3 nitrogen and oxygen atoms in total. The first-order valence-corrected chi connectivity index (χ1v) is 5.57. The van der Waals surface area contributed by atoms with Gasteiger partial charge in [0.05, 0.1) is 17.5 Å². The van der Waals surface area contributed by atoms with Crippen molar-refractivity contribution in [2.24, 2.45) is 5.92 Å². The number of aliphatic hydroxyl groups is 1. The molecule has 0 aliphatic rings.